The van der Waals surface area contributed by atoms with Crippen LogP contribution in [0.5, 0.6) is 0 Å². The van der Waals surface area contributed by atoms with E-state index < -0.39 is 0 Å². The number of hydrogen-bond acceptors (Lipinski definition) is 3. The Hall–Kier alpha value is -3.71. The minimum absolute atomic E-state index is 0.113. The van der Waals surface area contributed by atoms with E-state index in [9.17, 15) is 10.7 Å². The molecule has 2 aromatic rings. The van der Waals surface area contributed by atoms with E-state index >= 15 is 0 Å². The normalized spacial score (nSPS) is 22.4. The molecule has 0 amide bonds. The Morgan fingerprint density at radius 2 is 1.87 bits per heavy atom. The molecule has 2 aromatic carbocycles. The van der Waals surface area contributed by atoms with E-state index in [-0.39, 0.29) is 22.8 Å². The van der Waals surface area contributed by atoms with Crippen molar-refractivity contribution in [2.24, 2.45) is 16.8 Å². The summed E-state index contributed by atoms with van der Waals surface area (Å²) in [5.74, 6) is 1.51. The molecule has 4 rings (SSSR count). The summed E-state index contributed by atoms with van der Waals surface area (Å²) in [6, 6.07) is 16.5. The molecule has 0 bridgehead atoms. The third-order valence-corrected chi connectivity index (χ3v) is 8.38. The van der Waals surface area contributed by atoms with Crippen molar-refractivity contribution in [3.63, 3.8) is 0 Å². The van der Waals surface area contributed by atoms with Crippen LogP contribution < -0.4 is 0 Å². The van der Waals surface area contributed by atoms with Crippen LogP contribution in [0.25, 0.3) is 0 Å². The number of amidine groups is 2. The molecule has 1 N–H and O–H groups in total. The Kier molecular flexibility index (Phi) is 7.35. The quantitative estimate of drug-likeness (QED) is 0.235. The maximum Gasteiger partial charge on any atom is 0.141 e. The minimum Gasteiger partial charge on any atom is -0.284 e. The predicted molar refractivity (Wildman–Crippen MR) is 159 cm³/mol. The van der Waals surface area contributed by atoms with Gasteiger partial charge in [0.1, 0.15) is 11.7 Å². The number of benzene rings is 2. The third-order valence-electron chi connectivity index (χ3n) is 8.38. The summed E-state index contributed by atoms with van der Waals surface area (Å²) in [6.45, 7) is 19.1. The number of aryl methyl sites for hydroxylation is 1. The number of fused-ring (bicyclic) bond motifs is 3. The van der Waals surface area contributed by atoms with E-state index in [0.29, 0.717) is 11.4 Å². The smallest absolute Gasteiger partial charge is 0.141 e. The van der Waals surface area contributed by atoms with Gasteiger partial charge >= 0.3 is 0 Å². The first kappa shape index (κ1) is 27.3. The summed E-state index contributed by atoms with van der Waals surface area (Å²) < 4.78 is 0. The van der Waals surface area contributed by atoms with Crippen molar-refractivity contribution in [2.75, 3.05) is 0 Å². The van der Waals surface area contributed by atoms with Gasteiger partial charge in [0.25, 0.3) is 0 Å². The molecule has 1 unspecified atom stereocenters. The SMILES string of the molecule is C=C/C=C\C(=C(C(C)C)N(C(=N)c1ccccc1C)C1=N[C@@]2(CC)CC2(C)c2c(C#N)cccc21)C(C)C. The van der Waals surface area contributed by atoms with Gasteiger partial charge in [0.05, 0.1) is 17.2 Å². The summed E-state index contributed by atoms with van der Waals surface area (Å²) in [5, 5.41) is 19.8. The van der Waals surface area contributed by atoms with Crippen molar-refractivity contribution in [3.8, 4) is 6.07 Å². The van der Waals surface area contributed by atoms with Crippen molar-refractivity contribution in [1.29, 1.82) is 10.7 Å². The molecule has 2 atom stereocenters. The van der Waals surface area contributed by atoms with Gasteiger partial charge in [-0.05, 0) is 54.4 Å². The molecule has 0 saturated heterocycles. The molecule has 1 aliphatic heterocycles. The second-order valence-electron chi connectivity index (χ2n) is 11.4. The standard InChI is InChI=1S/C34H40N4/c1-9-11-17-26(22(3)4)30(23(5)6)38(31(36)27-18-13-12-15-24(27)7)32-28-19-14-16-25(20-35)29(28)33(8)21-34(33,10-2)37-32/h9,11-19,22-23,36H,1,10,21H2,2-8H3/b17-11-,30-26?,36-31?/t33?,34-/m0/s1. The van der Waals surface area contributed by atoms with Crippen LogP contribution in [0.4, 0.5) is 0 Å². The number of nitrogens with one attached hydrogen (secondary N) is 1. The number of nitriles is 1. The summed E-state index contributed by atoms with van der Waals surface area (Å²) in [5.41, 5.74) is 6.41. The molecular formula is C34H40N4. The average molecular weight is 505 g/mol. The summed E-state index contributed by atoms with van der Waals surface area (Å²) in [4.78, 5) is 7.60. The molecule has 4 heteroatoms. The van der Waals surface area contributed by atoms with Crippen LogP contribution >= 0.6 is 0 Å². The Balaban J connectivity index is 2.12. The van der Waals surface area contributed by atoms with Gasteiger partial charge < -0.3 is 0 Å². The van der Waals surface area contributed by atoms with E-state index in [1.165, 1.54) is 0 Å². The lowest BCUT2D eigenvalue weighted by molar-refractivity contribution is 0.513. The lowest BCUT2D eigenvalue weighted by atomic mass is 9.81. The third kappa shape index (κ3) is 4.25. The monoisotopic (exact) mass is 504 g/mol. The van der Waals surface area contributed by atoms with Gasteiger partial charge in [0.15, 0.2) is 0 Å². The molecule has 1 aliphatic carbocycles. The van der Waals surface area contributed by atoms with Gasteiger partial charge in [-0.3, -0.25) is 15.3 Å². The second-order valence-corrected chi connectivity index (χ2v) is 11.4. The van der Waals surface area contributed by atoms with Gasteiger partial charge in [-0.25, -0.2) is 0 Å². The molecular weight excluding hydrogens is 464 g/mol. The highest BCUT2D eigenvalue weighted by Crippen LogP contribution is 2.65. The number of allylic oxidation sites excluding steroid dienone is 5. The summed E-state index contributed by atoms with van der Waals surface area (Å²) in [7, 11) is 0. The molecule has 196 valence electrons. The lowest BCUT2D eigenvalue weighted by Gasteiger charge is -2.38. The van der Waals surface area contributed by atoms with Crippen LogP contribution in [-0.4, -0.2) is 22.1 Å². The van der Waals surface area contributed by atoms with Crippen LogP contribution in [0.1, 0.15) is 82.2 Å². The highest BCUT2D eigenvalue weighted by Gasteiger charge is 2.68. The van der Waals surface area contributed by atoms with Gasteiger partial charge in [0.2, 0.25) is 0 Å². The summed E-state index contributed by atoms with van der Waals surface area (Å²) in [6.07, 6.45) is 7.68. The maximum atomic E-state index is 10.1. The highest BCUT2D eigenvalue weighted by atomic mass is 15.3. The van der Waals surface area contributed by atoms with E-state index in [0.717, 1.165) is 52.2 Å². The van der Waals surface area contributed by atoms with Crippen molar-refractivity contribution in [3.05, 3.63) is 106 Å². The maximum absolute atomic E-state index is 10.1. The zero-order valence-electron chi connectivity index (χ0n) is 23.9. The van der Waals surface area contributed by atoms with Gasteiger partial charge in [-0.2, -0.15) is 5.26 Å². The topological polar surface area (TPSA) is 63.2 Å². The average Bonchev–Trinajstić information content (AvgIpc) is 3.53. The molecule has 1 fully saturated rings. The fraction of sp³-hybridized carbons (Fsp3) is 0.382. The zero-order chi connectivity index (χ0) is 27.8. The number of hydrogen-bond donors (Lipinski definition) is 1. The van der Waals surface area contributed by atoms with Crippen molar-refractivity contribution < 1.29 is 0 Å². The molecule has 1 saturated carbocycles. The fourth-order valence-corrected chi connectivity index (χ4v) is 6.24. The first-order chi connectivity index (χ1) is 18.1. The van der Waals surface area contributed by atoms with Gasteiger partial charge in [-0.1, -0.05) is 103 Å². The number of nitrogens with zero attached hydrogens (tertiary/aromatic N) is 3. The first-order valence-corrected chi connectivity index (χ1v) is 13.7. The highest BCUT2D eigenvalue weighted by molar-refractivity contribution is 6.17. The van der Waals surface area contributed by atoms with E-state index in [1.807, 2.05) is 36.4 Å². The zero-order valence-corrected chi connectivity index (χ0v) is 23.9. The first-order valence-electron chi connectivity index (χ1n) is 13.7. The van der Waals surface area contributed by atoms with Crippen LogP contribution in [0.3, 0.4) is 0 Å². The molecule has 0 aromatic heterocycles. The molecule has 0 radical (unpaired) electrons. The van der Waals surface area contributed by atoms with Gasteiger partial charge in [0, 0.05) is 22.2 Å². The van der Waals surface area contributed by atoms with Crippen molar-refractivity contribution >= 4 is 11.7 Å². The number of aliphatic imine (C=N–C) groups is 1. The fourth-order valence-electron chi connectivity index (χ4n) is 6.24. The van der Waals surface area contributed by atoms with Crippen molar-refractivity contribution in [1.82, 2.24) is 4.90 Å². The number of rotatable bonds is 7. The largest absolute Gasteiger partial charge is 0.284 e. The summed E-state index contributed by atoms with van der Waals surface area (Å²) >= 11 is 0. The lowest BCUT2D eigenvalue weighted by Crippen LogP contribution is -2.44. The Bertz CT molecular complexity index is 1410. The molecule has 2 aliphatic rings. The molecule has 0 spiro atoms. The minimum atomic E-state index is -0.274. The van der Waals surface area contributed by atoms with Crippen LogP contribution in [0.15, 0.2) is 83.5 Å². The second kappa shape index (κ2) is 10.2. The van der Waals surface area contributed by atoms with E-state index in [2.05, 4.69) is 84.2 Å². The van der Waals surface area contributed by atoms with E-state index in [4.69, 9.17) is 4.99 Å². The van der Waals surface area contributed by atoms with Crippen LogP contribution in [0, 0.1) is 35.5 Å². The molecule has 4 nitrogen and oxygen atoms in total. The van der Waals surface area contributed by atoms with Crippen LogP contribution in [0.2, 0.25) is 0 Å². The van der Waals surface area contributed by atoms with Crippen LogP contribution in [-0.2, 0) is 5.41 Å². The van der Waals surface area contributed by atoms with E-state index in [1.54, 1.807) is 6.08 Å². The molecule has 1 heterocycles. The van der Waals surface area contributed by atoms with Crippen molar-refractivity contribution in [2.45, 2.75) is 72.3 Å². The predicted octanol–water partition coefficient (Wildman–Crippen LogP) is 8.07. The Morgan fingerprint density at radius 3 is 2.45 bits per heavy atom. The Morgan fingerprint density at radius 1 is 1.16 bits per heavy atom. The van der Waals surface area contributed by atoms with Gasteiger partial charge in [-0.15, -0.1) is 0 Å². The molecule has 38 heavy (non-hydrogen) atoms. The Labute approximate surface area is 228 Å².